The fraction of sp³-hybridized carbons (Fsp3) is 0.286. The van der Waals surface area contributed by atoms with Crippen molar-refractivity contribution < 1.29 is 9.18 Å². The number of nitrogens with zero attached hydrogens (tertiary/aromatic N) is 1. The molecule has 0 saturated heterocycles. The van der Waals surface area contributed by atoms with Gasteiger partial charge in [0.15, 0.2) is 5.13 Å². The molecule has 3 N–H and O–H groups in total. The predicted octanol–water partition coefficient (Wildman–Crippen LogP) is 3.41. The minimum absolute atomic E-state index is 0.192. The second-order valence-corrected chi connectivity index (χ2v) is 6.48. The lowest BCUT2D eigenvalue weighted by Gasteiger charge is -2.15. The van der Waals surface area contributed by atoms with E-state index in [1.165, 1.54) is 29.5 Å². The van der Waals surface area contributed by atoms with E-state index < -0.39 is 11.7 Å². The van der Waals surface area contributed by atoms with Crippen molar-refractivity contribution in [3.05, 3.63) is 41.3 Å². The first-order chi connectivity index (χ1) is 9.27. The average Bonchev–Trinajstić information content (AvgIpc) is 2.70. The number of rotatable bonds is 2. The van der Waals surface area contributed by atoms with Crippen LogP contribution < -0.4 is 11.1 Å². The molecule has 0 radical (unpaired) electrons. The zero-order chi connectivity index (χ0) is 14.9. The van der Waals surface area contributed by atoms with Gasteiger partial charge in [0.2, 0.25) is 0 Å². The maximum absolute atomic E-state index is 13.1. The van der Waals surface area contributed by atoms with Crippen molar-refractivity contribution in [1.29, 1.82) is 0 Å². The molecule has 2 rings (SSSR count). The molecule has 20 heavy (non-hydrogen) atoms. The van der Waals surface area contributed by atoms with Crippen molar-refractivity contribution in [2.75, 3.05) is 11.1 Å². The van der Waals surface area contributed by atoms with Gasteiger partial charge in [-0.15, -0.1) is 0 Å². The Labute approximate surface area is 120 Å². The van der Waals surface area contributed by atoms with Gasteiger partial charge in [-0.2, -0.15) is 0 Å². The fourth-order valence-corrected chi connectivity index (χ4v) is 2.66. The molecule has 0 aliphatic carbocycles. The summed E-state index contributed by atoms with van der Waals surface area (Å²) < 4.78 is 13.1. The summed E-state index contributed by atoms with van der Waals surface area (Å²) in [5.74, 6) is -0.856. The van der Waals surface area contributed by atoms with Crippen LogP contribution in [0.2, 0.25) is 0 Å². The summed E-state index contributed by atoms with van der Waals surface area (Å²) in [5.41, 5.74) is 6.71. The Morgan fingerprint density at radius 3 is 2.65 bits per heavy atom. The summed E-state index contributed by atoms with van der Waals surface area (Å²) in [4.78, 5) is 16.3. The van der Waals surface area contributed by atoms with Gasteiger partial charge >= 0.3 is 0 Å². The molecule has 1 amide bonds. The third-order valence-corrected chi connectivity index (χ3v) is 3.47. The molecule has 4 nitrogen and oxygen atoms in total. The third-order valence-electron chi connectivity index (χ3n) is 2.67. The highest BCUT2D eigenvalue weighted by Gasteiger charge is 2.22. The first-order valence-corrected chi connectivity index (χ1v) is 6.93. The zero-order valence-corrected chi connectivity index (χ0v) is 12.3. The van der Waals surface area contributed by atoms with Crippen LogP contribution in [0.5, 0.6) is 0 Å². The number of aromatic nitrogens is 1. The predicted molar refractivity (Wildman–Crippen MR) is 79.6 cm³/mol. The standard InChI is InChI=1S/C14H16FN3OS/c1-14(2,3)10-11(16)20-13(17-10)18-12(19)8-5-4-6-9(15)7-8/h4-7H,16H2,1-3H3,(H,17,18,19). The number of hydrogen-bond acceptors (Lipinski definition) is 4. The molecule has 0 saturated carbocycles. The van der Waals surface area contributed by atoms with Crippen LogP contribution in [0.4, 0.5) is 14.5 Å². The Kier molecular flexibility index (Phi) is 3.76. The molecular weight excluding hydrogens is 277 g/mol. The van der Waals surface area contributed by atoms with Gasteiger partial charge in [-0.25, -0.2) is 9.37 Å². The second-order valence-electron chi connectivity index (χ2n) is 5.45. The first kappa shape index (κ1) is 14.5. The Morgan fingerprint density at radius 2 is 2.10 bits per heavy atom. The van der Waals surface area contributed by atoms with E-state index in [-0.39, 0.29) is 11.0 Å². The monoisotopic (exact) mass is 293 g/mol. The average molecular weight is 293 g/mol. The van der Waals surface area contributed by atoms with Gasteiger partial charge in [-0.1, -0.05) is 38.2 Å². The van der Waals surface area contributed by atoms with E-state index in [1.54, 1.807) is 6.07 Å². The molecular formula is C14H16FN3OS. The molecule has 0 aliphatic rings. The molecule has 106 valence electrons. The van der Waals surface area contributed by atoms with E-state index in [4.69, 9.17) is 5.73 Å². The summed E-state index contributed by atoms with van der Waals surface area (Å²) in [6.07, 6.45) is 0. The van der Waals surface area contributed by atoms with Crippen molar-refractivity contribution >= 4 is 27.4 Å². The Balaban J connectivity index is 2.21. The summed E-state index contributed by atoms with van der Waals surface area (Å²) in [5, 5.41) is 3.63. The van der Waals surface area contributed by atoms with Crippen molar-refractivity contribution in [3.63, 3.8) is 0 Å². The minimum atomic E-state index is -0.452. The summed E-state index contributed by atoms with van der Waals surface area (Å²) in [6, 6.07) is 5.49. The lowest BCUT2D eigenvalue weighted by Crippen LogP contribution is -2.15. The molecule has 1 heterocycles. The van der Waals surface area contributed by atoms with Crippen molar-refractivity contribution in [3.8, 4) is 0 Å². The number of nitrogens with two attached hydrogens (primary N) is 1. The van der Waals surface area contributed by atoms with Crippen LogP contribution in [0.3, 0.4) is 0 Å². The van der Waals surface area contributed by atoms with Crippen LogP contribution in [0.15, 0.2) is 24.3 Å². The number of halogens is 1. The van der Waals surface area contributed by atoms with Crippen molar-refractivity contribution in [1.82, 2.24) is 4.98 Å². The molecule has 2 aromatic rings. The number of amides is 1. The zero-order valence-electron chi connectivity index (χ0n) is 11.5. The number of nitrogen functional groups attached to an aromatic ring is 1. The molecule has 0 aliphatic heterocycles. The topological polar surface area (TPSA) is 68.0 Å². The van der Waals surface area contributed by atoms with Gasteiger partial charge in [0.25, 0.3) is 5.91 Å². The van der Waals surface area contributed by atoms with Gasteiger partial charge in [0, 0.05) is 11.0 Å². The molecule has 0 fully saturated rings. The number of nitrogens with one attached hydrogen (secondary N) is 1. The molecule has 1 aromatic heterocycles. The lowest BCUT2D eigenvalue weighted by molar-refractivity contribution is 0.102. The van der Waals surface area contributed by atoms with E-state index in [1.807, 2.05) is 20.8 Å². The Morgan fingerprint density at radius 1 is 1.40 bits per heavy atom. The third kappa shape index (κ3) is 3.14. The maximum atomic E-state index is 13.1. The largest absolute Gasteiger partial charge is 0.389 e. The number of thiazole rings is 1. The van der Waals surface area contributed by atoms with Gasteiger partial charge in [-0.3, -0.25) is 10.1 Å². The van der Waals surface area contributed by atoms with E-state index in [9.17, 15) is 9.18 Å². The quantitative estimate of drug-likeness (QED) is 0.891. The number of benzene rings is 1. The van der Waals surface area contributed by atoms with Crippen LogP contribution in [0, 0.1) is 5.82 Å². The highest BCUT2D eigenvalue weighted by Crippen LogP contribution is 2.34. The van der Waals surface area contributed by atoms with Gasteiger partial charge in [0.05, 0.1) is 5.69 Å². The Hall–Kier alpha value is -1.95. The first-order valence-electron chi connectivity index (χ1n) is 6.11. The second kappa shape index (κ2) is 5.20. The highest BCUT2D eigenvalue weighted by atomic mass is 32.1. The molecule has 6 heteroatoms. The van der Waals surface area contributed by atoms with E-state index in [0.29, 0.717) is 10.1 Å². The molecule has 0 unspecified atom stereocenters. The van der Waals surface area contributed by atoms with Crippen LogP contribution in [0.25, 0.3) is 0 Å². The highest BCUT2D eigenvalue weighted by molar-refractivity contribution is 7.19. The number of anilines is 2. The van der Waals surface area contributed by atoms with E-state index >= 15 is 0 Å². The van der Waals surface area contributed by atoms with Crippen LogP contribution in [-0.2, 0) is 5.41 Å². The van der Waals surface area contributed by atoms with Gasteiger partial charge in [0.1, 0.15) is 10.8 Å². The van der Waals surface area contributed by atoms with Crippen LogP contribution in [-0.4, -0.2) is 10.9 Å². The normalized spacial score (nSPS) is 11.4. The van der Waals surface area contributed by atoms with Crippen LogP contribution in [0.1, 0.15) is 36.8 Å². The van der Waals surface area contributed by atoms with Crippen molar-refractivity contribution in [2.24, 2.45) is 0 Å². The number of carbonyl (C=O) groups is 1. The molecule has 1 aromatic carbocycles. The summed E-state index contributed by atoms with van der Waals surface area (Å²) in [7, 11) is 0. The Bertz CT molecular complexity index is 646. The van der Waals surface area contributed by atoms with E-state index in [0.717, 1.165) is 5.69 Å². The van der Waals surface area contributed by atoms with E-state index in [2.05, 4.69) is 10.3 Å². The minimum Gasteiger partial charge on any atom is -0.389 e. The fourth-order valence-electron chi connectivity index (χ4n) is 1.72. The van der Waals surface area contributed by atoms with Crippen LogP contribution >= 0.6 is 11.3 Å². The molecule has 0 atom stereocenters. The summed E-state index contributed by atoms with van der Waals surface area (Å²) >= 11 is 1.21. The molecule has 0 spiro atoms. The van der Waals surface area contributed by atoms with Gasteiger partial charge < -0.3 is 5.73 Å². The van der Waals surface area contributed by atoms with Crippen molar-refractivity contribution in [2.45, 2.75) is 26.2 Å². The summed E-state index contributed by atoms with van der Waals surface area (Å²) in [6.45, 7) is 5.99. The SMILES string of the molecule is CC(C)(C)c1nc(NC(=O)c2cccc(F)c2)sc1N. The number of carbonyl (C=O) groups excluding carboxylic acids is 1. The lowest BCUT2D eigenvalue weighted by atomic mass is 9.93. The number of hydrogen-bond donors (Lipinski definition) is 2. The molecule has 0 bridgehead atoms. The maximum Gasteiger partial charge on any atom is 0.257 e. The van der Waals surface area contributed by atoms with Gasteiger partial charge in [-0.05, 0) is 18.2 Å². The smallest absolute Gasteiger partial charge is 0.257 e.